The first-order chi connectivity index (χ1) is 14.0. The summed E-state index contributed by atoms with van der Waals surface area (Å²) >= 11 is 3.07. The molecule has 152 valence electrons. The summed E-state index contributed by atoms with van der Waals surface area (Å²) in [6.45, 7) is 8.93. The molecule has 7 nitrogen and oxygen atoms in total. The second kappa shape index (κ2) is 8.64. The van der Waals surface area contributed by atoms with Gasteiger partial charge in [0.15, 0.2) is 5.13 Å². The van der Waals surface area contributed by atoms with Gasteiger partial charge in [0.25, 0.3) is 5.91 Å². The molecule has 4 rings (SSSR count). The Hall–Kier alpha value is -2.23. The molecular formula is C20H23N5O2S2. The number of thioether (sulfide) groups is 1. The molecule has 0 spiro atoms. The molecule has 1 aliphatic heterocycles. The van der Waals surface area contributed by atoms with Crippen molar-refractivity contribution in [2.75, 3.05) is 18.4 Å². The number of rotatable bonds is 6. The van der Waals surface area contributed by atoms with Crippen LogP contribution in [-0.2, 0) is 18.7 Å². The molecule has 9 heteroatoms. The Kier molecular flexibility index (Phi) is 5.98. The van der Waals surface area contributed by atoms with Crippen LogP contribution in [0, 0.1) is 13.8 Å². The second-order valence-corrected chi connectivity index (χ2v) is 8.96. The van der Waals surface area contributed by atoms with E-state index in [1.807, 2.05) is 13.8 Å². The number of hydrogen-bond acceptors (Lipinski definition) is 8. The van der Waals surface area contributed by atoms with Crippen molar-refractivity contribution in [1.82, 2.24) is 20.0 Å². The Morgan fingerprint density at radius 1 is 1.41 bits per heavy atom. The lowest BCUT2D eigenvalue weighted by Gasteiger charge is -2.23. The Bertz CT molecular complexity index is 1010. The maximum atomic E-state index is 12.9. The summed E-state index contributed by atoms with van der Waals surface area (Å²) in [5.41, 5.74) is 3.56. The lowest BCUT2D eigenvalue weighted by atomic mass is 10.2. The number of anilines is 1. The smallest absolute Gasteiger partial charge is 0.260 e. The van der Waals surface area contributed by atoms with Gasteiger partial charge in [0.05, 0.1) is 17.0 Å². The normalized spacial score (nSPS) is 14.0. The second-order valence-electron chi connectivity index (χ2n) is 6.91. The highest BCUT2D eigenvalue weighted by Crippen LogP contribution is 2.30. The number of likely N-dealkylation sites (N-methyl/N-ethyl adjacent to an activating group) is 1. The third-order valence-electron chi connectivity index (χ3n) is 5.03. The van der Waals surface area contributed by atoms with Gasteiger partial charge >= 0.3 is 0 Å². The van der Waals surface area contributed by atoms with Crippen molar-refractivity contribution in [2.45, 2.75) is 44.5 Å². The number of hydrogen-bond donors (Lipinski definition) is 1. The molecular weight excluding hydrogens is 406 g/mol. The summed E-state index contributed by atoms with van der Waals surface area (Å²) < 4.78 is 5.22. The molecule has 1 N–H and O–H groups in total. The molecule has 29 heavy (non-hydrogen) atoms. The van der Waals surface area contributed by atoms with Crippen molar-refractivity contribution in [3.05, 3.63) is 51.5 Å². The van der Waals surface area contributed by atoms with Crippen LogP contribution in [0.3, 0.4) is 0 Å². The Balaban J connectivity index is 1.48. The van der Waals surface area contributed by atoms with Gasteiger partial charge in [0, 0.05) is 41.9 Å². The lowest BCUT2D eigenvalue weighted by molar-refractivity contribution is 0.102. The summed E-state index contributed by atoms with van der Waals surface area (Å²) in [5, 5.41) is 8.30. The molecule has 0 atom stereocenters. The molecule has 0 saturated carbocycles. The number of aryl methyl sites for hydroxylation is 2. The maximum Gasteiger partial charge on any atom is 0.260 e. The summed E-state index contributed by atoms with van der Waals surface area (Å²) in [4.78, 5) is 25.6. The van der Waals surface area contributed by atoms with Crippen LogP contribution >= 0.6 is 23.1 Å². The minimum Gasteiger partial charge on any atom is -0.361 e. The Labute approximate surface area is 177 Å². The zero-order chi connectivity index (χ0) is 20.4. The van der Waals surface area contributed by atoms with Crippen LogP contribution in [0.15, 0.2) is 27.9 Å². The van der Waals surface area contributed by atoms with Crippen LogP contribution in [0.2, 0.25) is 0 Å². The lowest BCUT2D eigenvalue weighted by Crippen LogP contribution is -2.29. The van der Waals surface area contributed by atoms with Gasteiger partial charge in [0.2, 0.25) is 0 Å². The van der Waals surface area contributed by atoms with Gasteiger partial charge in [-0.15, -0.1) is 23.1 Å². The number of carbonyl (C=O) groups is 1. The highest BCUT2D eigenvalue weighted by atomic mass is 32.2. The average molecular weight is 430 g/mol. The summed E-state index contributed by atoms with van der Waals surface area (Å²) in [6.07, 6.45) is 2.63. The number of aromatic nitrogens is 3. The van der Waals surface area contributed by atoms with Crippen LogP contribution in [0.4, 0.5) is 5.13 Å². The maximum absolute atomic E-state index is 12.9. The number of nitrogens with one attached hydrogen (secondary N) is 1. The molecule has 0 saturated heterocycles. The van der Waals surface area contributed by atoms with E-state index in [0.717, 1.165) is 48.8 Å². The highest BCUT2D eigenvalue weighted by Gasteiger charge is 2.22. The molecule has 3 aromatic rings. The van der Waals surface area contributed by atoms with Crippen molar-refractivity contribution < 1.29 is 9.32 Å². The molecule has 0 unspecified atom stereocenters. The first-order valence-electron chi connectivity index (χ1n) is 9.57. The van der Waals surface area contributed by atoms with Gasteiger partial charge < -0.3 is 4.52 Å². The monoisotopic (exact) mass is 429 g/mol. The van der Waals surface area contributed by atoms with Gasteiger partial charge in [-0.2, -0.15) is 0 Å². The zero-order valence-electron chi connectivity index (χ0n) is 16.7. The van der Waals surface area contributed by atoms with Crippen LogP contribution in [-0.4, -0.2) is 39.0 Å². The van der Waals surface area contributed by atoms with Crippen molar-refractivity contribution in [3.63, 3.8) is 0 Å². The topological polar surface area (TPSA) is 84.2 Å². The average Bonchev–Trinajstić information content (AvgIpc) is 3.27. The molecule has 4 heterocycles. The molecule has 3 aromatic heterocycles. The largest absolute Gasteiger partial charge is 0.361 e. The van der Waals surface area contributed by atoms with Gasteiger partial charge in [-0.05, 0) is 32.5 Å². The SMILES string of the molecule is CCN1CCc2nc(NC(=O)c3cccnc3SCc3c(C)noc3C)sc2C1. The van der Waals surface area contributed by atoms with Crippen molar-refractivity contribution in [2.24, 2.45) is 0 Å². The molecule has 0 aliphatic carbocycles. The molecule has 0 radical (unpaired) electrons. The number of thiazole rings is 1. The zero-order valence-corrected chi connectivity index (χ0v) is 18.3. The first-order valence-corrected chi connectivity index (χ1v) is 11.4. The van der Waals surface area contributed by atoms with Gasteiger partial charge in [-0.1, -0.05) is 12.1 Å². The van der Waals surface area contributed by atoms with Crippen LogP contribution < -0.4 is 5.32 Å². The third kappa shape index (κ3) is 4.36. The van der Waals surface area contributed by atoms with E-state index in [0.29, 0.717) is 21.5 Å². The summed E-state index contributed by atoms with van der Waals surface area (Å²) in [6, 6.07) is 3.57. The minimum atomic E-state index is -0.183. The standard InChI is InChI=1S/C20H23N5O2S2/c1-4-25-9-7-16-17(10-25)29-20(22-16)23-18(26)14-6-5-8-21-19(14)28-11-15-12(2)24-27-13(15)3/h5-6,8H,4,7,9-11H2,1-3H3,(H,22,23,26). The summed E-state index contributed by atoms with van der Waals surface area (Å²) in [7, 11) is 0. The van der Waals surface area contributed by atoms with Crippen molar-refractivity contribution in [3.8, 4) is 0 Å². The van der Waals surface area contributed by atoms with E-state index in [1.54, 1.807) is 29.7 Å². The van der Waals surface area contributed by atoms with Crippen LogP contribution in [0.1, 0.15) is 44.9 Å². The molecule has 1 aliphatic rings. The third-order valence-corrected chi connectivity index (χ3v) is 7.06. The Morgan fingerprint density at radius 3 is 3.03 bits per heavy atom. The van der Waals surface area contributed by atoms with Crippen molar-refractivity contribution in [1.29, 1.82) is 0 Å². The molecule has 0 aromatic carbocycles. The number of carbonyl (C=O) groups excluding carboxylic acids is 1. The molecule has 0 bridgehead atoms. The number of amides is 1. The van der Waals surface area contributed by atoms with E-state index in [2.05, 4.69) is 32.3 Å². The fourth-order valence-electron chi connectivity index (χ4n) is 3.26. The summed E-state index contributed by atoms with van der Waals surface area (Å²) in [5.74, 6) is 1.26. The van der Waals surface area contributed by atoms with E-state index in [4.69, 9.17) is 4.52 Å². The minimum absolute atomic E-state index is 0.183. The van der Waals surface area contributed by atoms with Gasteiger partial charge in [-0.3, -0.25) is 15.0 Å². The van der Waals surface area contributed by atoms with E-state index >= 15 is 0 Å². The van der Waals surface area contributed by atoms with E-state index in [1.165, 1.54) is 16.6 Å². The number of pyridine rings is 1. The van der Waals surface area contributed by atoms with Crippen molar-refractivity contribution >= 4 is 34.1 Å². The quantitative estimate of drug-likeness (QED) is 0.591. The number of nitrogens with zero attached hydrogens (tertiary/aromatic N) is 4. The first kappa shape index (κ1) is 20.1. The van der Waals surface area contributed by atoms with Crippen LogP contribution in [0.25, 0.3) is 0 Å². The van der Waals surface area contributed by atoms with E-state index in [-0.39, 0.29) is 5.91 Å². The highest BCUT2D eigenvalue weighted by molar-refractivity contribution is 7.98. The fourth-order valence-corrected chi connectivity index (χ4v) is 5.45. The molecule has 0 fully saturated rings. The van der Waals surface area contributed by atoms with Gasteiger partial charge in [0.1, 0.15) is 10.8 Å². The molecule has 1 amide bonds. The predicted molar refractivity (Wildman–Crippen MR) is 114 cm³/mol. The predicted octanol–water partition coefficient (Wildman–Crippen LogP) is 4.07. The Morgan fingerprint density at radius 2 is 2.28 bits per heavy atom. The van der Waals surface area contributed by atoms with Crippen LogP contribution in [0.5, 0.6) is 0 Å². The number of fused-ring (bicyclic) bond motifs is 1. The van der Waals surface area contributed by atoms with E-state index in [9.17, 15) is 4.79 Å². The fraction of sp³-hybridized carbons (Fsp3) is 0.400. The van der Waals surface area contributed by atoms with E-state index < -0.39 is 0 Å². The van der Waals surface area contributed by atoms with Gasteiger partial charge in [-0.25, -0.2) is 9.97 Å².